The maximum Gasteiger partial charge on any atom is 0.231 e. The van der Waals surface area contributed by atoms with E-state index in [0.29, 0.717) is 17.9 Å². The Bertz CT molecular complexity index is 370. The SMILES string of the molecule is CNCC(O)c1cc(F)c2c(c1)OCO2. The van der Waals surface area contributed by atoms with Crippen LogP contribution in [0.2, 0.25) is 0 Å². The van der Waals surface area contributed by atoms with Gasteiger partial charge in [-0.15, -0.1) is 0 Å². The number of hydrogen-bond donors (Lipinski definition) is 2. The zero-order chi connectivity index (χ0) is 10.8. The molecule has 0 amide bonds. The van der Waals surface area contributed by atoms with Crippen molar-refractivity contribution in [3.8, 4) is 11.5 Å². The van der Waals surface area contributed by atoms with Crippen LogP contribution in [0.25, 0.3) is 0 Å². The molecule has 0 spiro atoms. The van der Waals surface area contributed by atoms with Crippen LogP contribution in [0.15, 0.2) is 12.1 Å². The molecule has 15 heavy (non-hydrogen) atoms. The molecule has 0 radical (unpaired) electrons. The second kappa shape index (κ2) is 4.04. The lowest BCUT2D eigenvalue weighted by molar-refractivity contribution is 0.170. The van der Waals surface area contributed by atoms with E-state index in [0.717, 1.165) is 0 Å². The summed E-state index contributed by atoms with van der Waals surface area (Å²) in [6.07, 6.45) is -0.751. The molecule has 1 heterocycles. The summed E-state index contributed by atoms with van der Waals surface area (Å²) in [5.74, 6) is -0.0364. The molecular formula is C10H12FNO3. The lowest BCUT2D eigenvalue weighted by atomic mass is 10.1. The standard InChI is InChI=1S/C10H12FNO3/c1-12-4-8(13)6-2-7(11)10-9(3-6)14-5-15-10/h2-3,8,12-13H,4-5H2,1H3. The highest BCUT2D eigenvalue weighted by atomic mass is 19.1. The molecule has 0 saturated heterocycles. The van der Waals surface area contributed by atoms with Crippen molar-refractivity contribution in [2.24, 2.45) is 0 Å². The molecule has 1 aliphatic heterocycles. The molecule has 1 unspecified atom stereocenters. The number of likely N-dealkylation sites (N-methyl/N-ethyl adjacent to an activating group) is 1. The molecule has 1 aromatic rings. The molecular weight excluding hydrogens is 201 g/mol. The Morgan fingerprint density at radius 1 is 1.53 bits per heavy atom. The summed E-state index contributed by atoms with van der Waals surface area (Å²) in [5.41, 5.74) is 0.478. The fraction of sp³-hybridized carbons (Fsp3) is 0.400. The number of fused-ring (bicyclic) bond motifs is 1. The van der Waals surface area contributed by atoms with Gasteiger partial charge in [0.2, 0.25) is 12.5 Å². The summed E-state index contributed by atoms with van der Waals surface area (Å²) in [7, 11) is 1.71. The number of rotatable bonds is 3. The van der Waals surface area contributed by atoms with Gasteiger partial charge in [-0.25, -0.2) is 4.39 Å². The minimum Gasteiger partial charge on any atom is -0.453 e. The molecule has 0 saturated carbocycles. The van der Waals surface area contributed by atoms with Crippen molar-refractivity contribution in [2.75, 3.05) is 20.4 Å². The smallest absolute Gasteiger partial charge is 0.231 e. The Morgan fingerprint density at radius 2 is 2.33 bits per heavy atom. The third-order valence-corrected chi connectivity index (χ3v) is 2.23. The number of benzene rings is 1. The second-order valence-corrected chi connectivity index (χ2v) is 3.31. The van der Waals surface area contributed by atoms with Gasteiger partial charge in [0.1, 0.15) is 0 Å². The van der Waals surface area contributed by atoms with E-state index < -0.39 is 11.9 Å². The molecule has 0 fully saturated rings. The van der Waals surface area contributed by atoms with E-state index in [-0.39, 0.29) is 12.5 Å². The van der Waals surface area contributed by atoms with Crippen molar-refractivity contribution in [3.05, 3.63) is 23.5 Å². The van der Waals surface area contributed by atoms with Crippen LogP contribution in [0.4, 0.5) is 4.39 Å². The molecule has 1 aromatic carbocycles. The highest BCUT2D eigenvalue weighted by Crippen LogP contribution is 2.36. The van der Waals surface area contributed by atoms with Crippen LogP contribution in [-0.4, -0.2) is 25.5 Å². The maximum absolute atomic E-state index is 13.4. The third kappa shape index (κ3) is 1.88. The molecule has 0 aromatic heterocycles. The van der Waals surface area contributed by atoms with Gasteiger partial charge in [0.05, 0.1) is 6.10 Å². The number of hydrogen-bond acceptors (Lipinski definition) is 4. The summed E-state index contributed by atoms with van der Waals surface area (Å²) in [6.45, 7) is 0.386. The topological polar surface area (TPSA) is 50.7 Å². The Kier molecular flexibility index (Phi) is 2.75. The predicted octanol–water partition coefficient (Wildman–Crippen LogP) is 0.807. The number of aliphatic hydroxyl groups excluding tert-OH is 1. The number of ether oxygens (including phenoxy) is 2. The fourth-order valence-corrected chi connectivity index (χ4v) is 1.49. The van der Waals surface area contributed by atoms with Gasteiger partial charge >= 0.3 is 0 Å². The van der Waals surface area contributed by atoms with E-state index in [1.165, 1.54) is 6.07 Å². The highest BCUT2D eigenvalue weighted by Gasteiger charge is 2.21. The van der Waals surface area contributed by atoms with Gasteiger partial charge in [-0.2, -0.15) is 0 Å². The van der Waals surface area contributed by atoms with Crippen LogP contribution in [0.3, 0.4) is 0 Å². The number of nitrogens with one attached hydrogen (secondary N) is 1. The normalized spacial score (nSPS) is 15.4. The van der Waals surface area contributed by atoms with E-state index in [4.69, 9.17) is 9.47 Å². The Morgan fingerprint density at radius 3 is 3.07 bits per heavy atom. The lowest BCUT2D eigenvalue weighted by Crippen LogP contribution is -2.16. The van der Waals surface area contributed by atoms with E-state index in [2.05, 4.69) is 5.32 Å². The number of aliphatic hydroxyl groups is 1. The second-order valence-electron chi connectivity index (χ2n) is 3.31. The first kappa shape index (κ1) is 10.2. The summed E-state index contributed by atoms with van der Waals surface area (Å²) >= 11 is 0. The minimum atomic E-state index is -0.751. The minimum absolute atomic E-state index is 0.0256. The van der Waals surface area contributed by atoms with Gasteiger partial charge in [0, 0.05) is 6.54 Å². The van der Waals surface area contributed by atoms with Gasteiger partial charge < -0.3 is 19.9 Å². The third-order valence-electron chi connectivity index (χ3n) is 2.23. The van der Waals surface area contributed by atoms with Crippen LogP contribution in [0, 0.1) is 5.82 Å². The summed E-state index contributed by atoms with van der Waals surface area (Å²) in [4.78, 5) is 0. The molecule has 1 aliphatic rings. The average molecular weight is 213 g/mol. The lowest BCUT2D eigenvalue weighted by Gasteiger charge is -2.11. The predicted molar refractivity (Wildman–Crippen MR) is 51.4 cm³/mol. The first-order valence-corrected chi connectivity index (χ1v) is 4.64. The summed E-state index contributed by atoms with van der Waals surface area (Å²) in [6, 6.07) is 2.85. The van der Waals surface area contributed by atoms with E-state index in [9.17, 15) is 9.50 Å². The van der Waals surface area contributed by atoms with Crippen molar-refractivity contribution in [1.29, 1.82) is 0 Å². The van der Waals surface area contributed by atoms with Gasteiger partial charge in [-0.05, 0) is 24.7 Å². The van der Waals surface area contributed by atoms with Crippen LogP contribution in [0.5, 0.6) is 11.5 Å². The molecule has 1 atom stereocenters. The van der Waals surface area contributed by atoms with Crippen LogP contribution in [-0.2, 0) is 0 Å². The van der Waals surface area contributed by atoms with E-state index >= 15 is 0 Å². The Labute approximate surface area is 86.6 Å². The number of halogens is 1. The van der Waals surface area contributed by atoms with Crippen molar-refractivity contribution in [3.63, 3.8) is 0 Å². The van der Waals surface area contributed by atoms with Crippen LogP contribution < -0.4 is 14.8 Å². The largest absolute Gasteiger partial charge is 0.453 e. The first-order valence-electron chi connectivity index (χ1n) is 4.64. The van der Waals surface area contributed by atoms with Crippen molar-refractivity contribution >= 4 is 0 Å². The molecule has 82 valence electrons. The first-order chi connectivity index (χ1) is 7.22. The molecule has 2 N–H and O–H groups in total. The van der Waals surface area contributed by atoms with Crippen molar-refractivity contribution in [1.82, 2.24) is 5.32 Å². The van der Waals surface area contributed by atoms with E-state index in [1.807, 2.05) is 0 Å². The highest BCUT2D eigenvalue weighted by molar-refractivity contribution is 5.46. The molecule has 5 heteroatoms. The maximum atomic E-state index is 13.4. The molecule has 0 bridgehead atoms. The summed E-state index contributed by atoms with van der Waals surface area (Å²) < 4.78 is 23.4. The Hall–Kier alpha value is -1.33. The summed E-state index contributed by atoms with van der Waals surface area (Å²) in [5, 5.41) is 12.5. The average Bonchev–Trinajstić information content (AvgIpc) is 2.66. The molecule has 0 aliphatic carbocycles. The van der Waals surface area contributed by atoms with Crippen LogP contribution >= 0.6 is 0 Å². The zero-order valence-corrected chi connectivity index (χ0v) is 8.29. The van der Waals surface area contributed by atoms with Crippen molar-refractivity contribution < 1.29 is 19.0 Å². The van der Waals surface area contributed by atoms with Gasteiger partial charge in [0.25, 0.3) is 0 Å². The van der Waals surface area contributed by atoms with E-state index in [1.54, 1.807) is 13.1 Å². The molecule has 2 rings (SSSR count). The fourth-order valence-electron chi connectivity index (χ4n) is 1.49. The quantitative estimate of drug-likeness (QED) is 0.780. The Balaban J connectivity index is 2.30. The van der Waals surface area contributed by atoms with Crippen molar-refractivity contribution in [2.45, 2.75) is 6.10 Å². The monoisotopic (exact) mass is 213 g/mol. The zero-order valence-electron chi connectivity index (χ0n) is 8.29. The van der Waals surface area contributed by atoms with Gasteiger partial charge in [0.15, 0.2) is 11.6 Å². The van der Waals surface area contributed by atoms with Gasteiger partial charge in [-0.3, -0.25) is 0 Å². The van der Waals surface area contributed by atoms with Crippen LogP contribution in [0.1, 0.15) is 11.7 Å². The molecule has 4 nitrogen and oxygen atoms in total. The van der Waals surface area contributed by atoms with Gasteiger partial charge in [-0.1, -0.05) is 0 Å².